The van der Waals surface area contributed by atoms with Gasteiger partial charge in [0.1, 0.15) is 5.82 Å². The SMILES string of the molecule is CN1C(=O)C(c2ccccc2)(c2ccc(F)c(Br)c2)N=C1N. The van der Waals surface area contributed by atoms with Crippen LogP contribution in [0.25, 0.3) is 0 Å². The molecule has 0 aromatic heterocycles. The van der Waals surface area contributed by atoms with Crippen molar-refractivity contribution >= 4 is 27.8 Å². The number of carbonyl (C=O) groups excluding carboxylic acids is 1. The van der Waals surface area contributed by atoms with Crippen molar-refractivity contribution in [1.82, 2.24) is 4.90 Å². The highest BCUT2D eigenvalue weighted by molar-refractivity contribution is 9.10. The molecule has 2 aromatic carbocycles. The third kappa shape index (κ3) is 2.02. The van der Waals surface area contributed by atoms with E-state index in [-0.39, 0.29) is 16.3 Å². The molecule has 1 amide bonds. The van der Waals surface area contributed by atoms with Gasteiger partial charge in [0.15, 0.2) is 11.5 Å². The summed E-state index contributed by atoms with van der Waals surface area (Å²) < 4.78 is 13.8. The molecule has 1 atom stereocenters. The van der Waals surface area contributed by atoms with Gasteiger partial charge in [0, 0.05) is 7.05 Å². The predicted octanol–water partition coefficient (Wildman–Crippen LogP) is 2.62. The summed E-state index contributed by atoms with van der Waals surface area (Å²) in [6.07, 6.45) is 0. The second kappa shape index (κ2) is 5.21. The second-order valence-electron chi connectivity index (χ2n) is 5.04. The standard InChI is InChI=1S/C16H13BrFN3O/c1-21-14(22)16(20-15(21)19,10-5-3-2-4-6-10)11-7-8-13(18)12(17)9-11/h2-9H,1H3,(H2,19,20). The lowest BCUT2D eigenvalue weighted by Gasteiger charge is -2.26. The summed E-state index contributed by atoms with van der Waals surface area (Å²) in [6.45, 7) is 0. The van der Waals surface area contributed by atoms with Gasteiger partial charge in [-0.05, 0) is 39.2 Å². The van der Waals surface area contributed by atoms with Gasteiger partial charge in [-0.2, -0.15) is 0 Å². The number of hydrogen-bond donors (Lipinski definition) is 1. The molecule has 2 N–H and O–H groups in total. The molecule has 6 heteroatoms. The van der Waals surface area contributed by atoms with Crippen molar-refractivity contribution in [3.05, 3.63) is 69.9 Å². The lowest BCUT2D eigenvalue weighted by Crippen LogP contribution is -2.41. The van der Waals surface area contributed by atoms with Crippen LogP contribution in [-0.4, -0.2) is 23.8 Å². The third-order valence-corrected chi connectivity index (χ3v) is 4.38. The molecule has 1 heterocycles. The van der Waals surface area contributed by atoms with Crippen molar-refractivity contribution < 1.29 is 9.18 Å². The number of benzene rings is 2. The fraction of sp³-hybridized carbons (Fsp3) is 0.125. The summed E-state index contributed by atoms with van der Waals surface area (Å²) in [5.74, 6) is -0.535. The maximum absolute atomic E-state index is 13.6. The Labute approximate surface area is 135 Å². The molecule has 1 aliphatic rings. The average Bonchev–Trinajstić information content (AvgIpc) is 2.76. The van der Waals surface area contributed by atoms with Crippen molar-refractivity contribution in [2.75, 3.05) is 7.05 Å². The molecular weight excluding hydrogens is 349 g/mol. The molecule has 1 aliphatic heterocycles. The molecule has 0 saturated carbocycles. The van der Waals surface area contributed by atoms with Gasteiger partial charge in [0.05, 0.1) is 4.47 Å². The van der Waals surface area contributed by atoms with Crippen molar-refractivity contribution in [2.45, 2.75) is 5.54 Å². The highest BCUT2D eigenvalue weighted by Gasteiger charge is 2.49. The van der Waals surface area contributed by atoms with Gasteiger partial charge in [-0.3, -0.25) is 9.69 Å². The van der Waals surface area contributed by atoms with E-state index in [2.05, 4.69) is 20.9 Å². The molecule has 0 spiro atoms. The quantitative estimate of drug-likeness (QED) is 0.893. The van der Waals surface area contributed by atoms with Crippen LogP contribution in [0.4, 0.5) is 4.39 Å². The number of likely N-dealkylation sites (N-methyl/N-ethyl adjacent to an activating group) is 1. The van der Waals surface area contributed by atoms with Crippen LogP contribution >= 0.6 is 15.9 Å². The molecule has 3 rings (SSSR count). The number of nitrogens with zero attached hydrogens (tertiary/aromatic N) is 2. The Morgan fingerprint density at radius 3 is 2.41 bits per heavy atom. The molecule has 0 aliphatic carbocycles. The summed E-state index contributed by atoms with van der Waals surface area (Å²) in [5.41, 5.74) is 5.82. The van der Waals surface area contributed by atoms with Gasteiger partial charge in [0.2, 0.25) is 0 Å². The zero-order chi connectivity index (χ0) is 15.9. The highest BCUT2D eigenvalue weighted by Crippen LogP contribution is 2.40. The molecule has 0 bridgehead atoms. The summed E-state index contributed by atoms with van der Waals surface area (Å²) in [5, 5.41) is 0. The van der Waals surface area contributed by atoms with Crippen molar-refractivity contribution in [1.29, 1.82) is 0 Å². The van der Waals surface area contributed by atoms with Gasteiger partial charge >= 0.3 is 0 Å². The smallest absolute Gasteiger partial charge is 0.266 e. The maximum Gasteiger partial charge on any atom is 0.266 e. The number of amides is 1. The van der Waals surface area contributed by atoms with Crippen molar-refractivity contribution in [2.24, 2.45) is 10.7 Å². The zero-order valence-electron chi connectivity index (χ0n) is 11.8. The van der Waals surface area contributed by atoms with Gasteiger partial charge in [0.25, 0.3) is 5.91 Å². The number of rotatable bonds is 2. The number of nitrogens with two attached hydrogens (primary N) is 1. The minimum atomic E-state index is -1.28. The topological polar surface area (TPSA) is 58.7 Å². The first-order chi connectivity index (χ1) is 10.5. The summed E-state index contributed by atoms with van der Waals surface area (Å²) in [4.78, 5) is 18.6. The maximum atomic E-state index is 13.6. The van der Waals surface area contributed by atoms with Crippen LogP contribution in [0.2, 0.25) is 0 Å². The second-order valence-corrected chi connectivity index (χ2v) is 5.89. The molecule has 1 unspecified atom stereocenters. The number of aliphatic imine (C=N–C) groups is 1. The van der Waals surface area contributed by atoms with Crippen LogP contribution < -0.4 is 5.73 Å². The Morgan fingerprint density at radius 1 is 1.18 bits per heavy atom. The predicted molar refractivity (Wildman–Crippen MR) is 85.7 cm³/mol. The Balaban J connectivity index is 2.30. The van der Waals surface area contributed by atoms with E-state index in [1.54, 1.807) is 19.2 Å². The number of halogens is 2. The Kier molecular flexibility index (Phi) is 3.48. The molecule has 22 heavy (non-hydrogen) atoms. The lowest BCUT2D eigenvalue weighted by molar-refractivity contribution is -0.129. The molecule has 112 valence electrons. The van der Waals surface area contributed by atoms with Crippen molar-refractivity contribution in [3.8, 4) is 0 Å². The Morgan fingerprint density at radius 2 is 1.86 bits per heavy atom. The van der Waals surface area contributed by atoms with Gasteiger partial charge in [-0.1, -0.05) is 36.4 Å². The van der Waals surface area contributed by atoms with E-state index in [0.717, 1.165) is 0 Å². The fourth-order valence-corrected chi connectivity index (χ4v) is 2.96. The van der Waals surface area contributed by atoms with Crippen LogP contribution in [0.5, 0.6) is 0 Å². The number of hydrogen-bond acceptors (Lipinski definition) is 3. The van der Waals surface area contributed by atoms with E-state index in [0.29, 0.717) is 11.1 Å². The first-order valence-corrected chi connectivity index (χ1v) is 7.40. The van der Waals surface area contributed by atoms with Crippen molar-refractivity contribution in [3.63, 3.8) is 0 Å². The van der Waals surface area contributed by atoms with E-state index in [4.69, 9.17) is 5.73 Å². The van der Waals surface area contributed by atoms with Crippen LogP contribution in [0, 0.1) is 5.82 Å². The fourth-order valence-electron chi connectivity index (χ4n) is 2.58. The zero-order valence-corrected chi connectivity index (χ0v) is 13.3. The Bertz CT molecular complexity index is 778. The first-order valence-electron chi connectivity index (χ1n) is 6.61. The lowest BCUT2D eigenvalue weighted by atomic mass is 9.83. The summed E-state index contributed by atoms with van der Waals surface area (Å²) in [6, 6.07) is 13.6. The molecular formula is C16H13BrFN3O. The van der Waals surface area contributed by atoms with Gasteiger partial charge in [-0.25, -0.2) is 9.38 Å². The summed E-state index contributed by atoms with van der Waals surface area (Å²) in [7, 11) is 1.57. The average molecular weight is 362 g/mol. The first kappa shape index (κ1) is 14.7. The van der Waals surface area contributed by atoms with Gasteiger partial charge in [-0.15, -0.1) is 0 Å². The third-order valence-electron chi connectivity index (χ3n) is 3.77. The van der Waals surface area contributed by atoms with Crippen LogP contribution in [0.3, 0.4) is 0 Å². The van der Waals surface area contributed by atoms with E-state index in [1.165, 1.54) is 11.0 Å². The van der Waals surface area contributed by atoms with E-state index in [1.807, 2.05) is 30.3 Å². The summed E-state index contributed by atoms with van der Waals surface area (Å²) >= 11 is 3.16. The minimum Gasteiger partial charge on any atom is -0.369 e. The van der Waals surface area contributed by atoms with E-state index < -0.39 is 11.4 Å². The molecule has 0 saturated heterocycles. The van der Waals surface area contributed by atoms with Gasteiger partial charge < -0.3 is 5.73 Å². The van der Waals surface area contributed by atoms with E-state index in [9.17, 15) is 9.18 Å². The highest BCUT2D eigenvalue weighted by atomic mass is 79.9. The van der Waals surface area contributed by atoms with Crippen LogP contribution in [0.15, 0.2) is 58.0 Å². The number of guanidine groups is 1. The molecule has 2 aromatic rings. The molecule has 0 radical (unpaired) electrons. The monoisotopic (exact) mass is 361 g/mol. The number of carbonyl (C=O) groups is 1. The minimum absolute atomic E-state index is 0.134. The van der Waals surface area contributed by atoms with Crippen LogP contribution in [0.1, 0.15) is 11.1 Å². The normalized spacial score (nSPS) is 21.1. The largest absolute Gasteiger partial charge is 0.369 e. The van der Waals surface area contributed by atoms with Crippen LogP contribution in [-0.2, 0) is 10.3 Å². The molecule has 4 nitrogen and oxygen atoms in total. The Hall–Kier alpha value is -2.21. The van der Waals surface area contributed by atoms with E-state index >= 15 is 0 Å². The molecule has 0 fully saturated rings.